The van der Waals surface area contributed by atoms with E-state index in [0.29, 0.717) is 5.82 Å². The number of nitrogens with one attached hydrogen (secondary N) is 1. The summed E-state index contributed by atoms with van der Waals surface area (Å²) in [6.45, 7) is 0. The van der Waals surface area contributed by atoms with Crippen molar-refractivity contribution in [3.8, 4) is 11.8 Å². The Bertz CT molecular complexity index is 482. The van der Waals surface area contributed by atoms with E-state index in [2.05, 4.69) is 9.97 Å². The summed E-state index contributed by atoms with van der Waals surface area (Å²) in [6.07, 6.45) is 3.96. The van der Waals surface area contributed by atoms with Crippen LogP contribution in [0.15, 0.2) is 36.8 Å². The third-order valence-electron chi connectivity index (χ3n) is 1.80. The number of imidazole rings is 1. The summed E-state index contributed by atoms with van der Waals surface area (Å²) in [4.78, 5) is 18.9. The van der Waals surface area contributed by atoms with Gasteiger partial charge in [-0.3, -0.25) is 9.99 Å². The number of aromatic nitrogens is 3. The molecule has 1 amide bonds. The predicted molar refractivity (Wildman–Crippen MR) is 54.7 cm³/mol. The fourth-order valence-electron chi connectivity index (χ4n) is 1.15. The number of carbonyl (C=O) groups is 1. The highest BCUT2D eigenvalue weighted by Crippen LogP contribution is 2.13. The monoisotopic (exact) mass is 219 g/mol. The second-order valence-electron chi connectivity index (χ2n) is 2.80. The van der Waals surface area contributed by atoms with Crippen molar-refractivity contribution in [3.05, 3.63) is 36.8 Å². The number of pyridine rings is 1. The summed E-state index contributed by atoms with van der Waals surface area (Å²) in [5, 5.41) is 0. The van der Waals surface area contributed by atoms with Gasteiger partial charge in [-0.2, -0.15) is 0 Å². The van der Waals surface area contributed by atoms with Crippen LogP contribution in [0.5, 0.6) is 6.01 Å². The molecule has 0 aromatic carbocycles. The normalized spacial score (nSPS) is 9.81. The Morgan fingerprint density at radius 2 is 2.25 bits per heavy atom. The number of rotatable bonds is 2. The summed E-state index contributed by atoms with van der Waals surface area (Å²) < 4.78 is 6.35. The molecule has 0 bridgehead atoms. The van der Waals surface area contributed by atoms with E-state index in [-0.39, 0.29) is 6.01 Å². The number of ether oxygens (including phenoxy) is 1. The fraction of sp³-hybridized carbons (Fsp3) is 0. The van der Waals surface area contributed by atoms with Gasteiger partial charge in [0.05, 0.1) is 0 Å². The number of nitrogens with zero attached hydrogens (tertiary/aromatic N) is 3. The Morgan fingerprint density at radius 1 is 1.38 bits per heavy atom. The van der Waals surface area contributed by atoms with Gasteiger partial charge in [-0.25, -0.2) is 20.6 Å². The van der Waals surface area contributed by atoms with Crippen LogP contribution in [-0.2, 0) is 0 Å². The molecule has 0 saturated carbocycles. The molecule has 0 fully saturated rings. The van der Waals surface area contributed by atoms with Gasteiger partial charge >= 0.3 is 12.1 Å². The molecular formula is C9H9N5O2. The summed E-state index contributed by atoms with van der Waals surface area (Å²) in [5.74, 6) is 5.50. The molecule has 2 aromatic heterocycles. The third-order valence-corrected chi connectivity index (χ3v) is 1.80. The van der Waals surface area contributed by atoms with Crippen LogP contribution < -0.4 is 16.0 Å². The lowest BCUT2D eigenvalue weighted by atomic mass is 10.4. The molecule has 0 unspecified atom stereocenters. The van der Waals surface area contributed by atoms with Gasteiger partial charge < -0.3 is 4.74 Å². The first-order chi connectivity index (χ1) is 7.81. The highest BCUT2D eigenvalue weighted by molar-refractivity contribution is 5.68. The van der Waals surface area contributed by atoms with Crippen molar-refractivity contribution in [1.82, 2.24) is 20.0 Å². The Hall–Kier alpha value is -2.41. The number of hydrazine groups is 1. The summed E-state index contributed by atoms with van der Waals surface area (Å²) in [7, 11) is 0. The van der Waals surface area contributed by atoms with E-state index in [1.165, 1.54) is 10.8 Å². The molecule has 7 nitrogen and oxygen atoms in total. The van der Waals surface area contributed by atoms with E-state index in [4.69, 9.17) is 10.6 Å². The first kappa shape index (κ1) is 10.1. The molecule has 0 spiro atoms. The van der Waals surface area contributed by atoms with Crippen LogP contribution in [0.1, 0.15) is 0 Å². The minimum Gasteiger partial charge on any atom is -0.374 e. The highest BCUT2D eigenvalue weighted by Gasteiger charge is 2.10. The molecule has 2 heterocycles. The molecule has 0 saturated heterocycles. The van der Waals surface area contributed by atoms with Gasteiger partial charge in [0.1, 0.15) is 5.82 Å². The lowest BCUT2D eigenvalue weighted by molar-refractivity contribution is 0.196. The molecular weight excluding hydrogens is 210 g/mol. The van der Waals surface area contributed by atoms with E-state index < -0.39 is 6.09 Å². The minimum absolute atomic E-state index is 0.0988. The lowest BCUT2D eigenvalue weighted by Crippen LogP contribution is -2.33. The van der Waals surface area contributed by atoms with Crippen molar-refractivity contribution in [3.63, 3.8) is 0 Å². The average molecular weight is 219 g/mol. The SMILES string of the molecule is NNC(=O)Oc1nccn1-c1ccccn1. The molecule has 2 aromatic rings. The van der Waals surface area contributed by atoms with Gasteiger partial charge in [0.2, 0.25) is 0 Å². The third kappa shape index (κ3) is 1.98. The van der Waals surface area contributed by atoms with Gasteiger partial charge in [-0.15, -0.1) is 0 Å². The van der Waals surface area contributed by atoms with E-state index >= 15 is 0 Å². The van der Waals surface area contributed by atoms with E-state index in [9.17, 15) is 4.79 Å². The van der Waals surface area contributed by atoms with Crippen LogP contribution >= 0.6 is 0 Å². The van der Waals surface area contributed by atoms with Gasteiger partial charge in [0.15, 0.2) is 0 Å². The number of amides is 1. The topological polar surface area (TPSA) is 95.1 Å². The van der Waals surface area contributed by atoms with Crippen LogP contribution in [0, 0.1) is 0 Å². The molecule has 3 N–H and O–H groups in total. The zero-order chi connectivity index (χ0) is 11.4. The Kier molecular flexibility index (Phi) is 2.79. The van der Waals surface area contributed by atoms with Crippen molar-refractivity contribution in [2.45, 2.75) is 0 Å². The van der Waals surface area contributed by atoms with Crippen LogP contribution in [0.25, 0.3) is 5.82 Å². The van der Waals surface area contributed by atoms with Gasteiger partial charge in [0, 0.05) is 18.6 Å². The maximum atomic E-state index is 10.9. The zero-order valence-electron chi connectivity index (χ0n) is 8.20. The van der Waals surface area contributed by atoms with E-state index in [1.54, 1.807) is 24.5 Å². The summed E-state index contributed by atoms with van der Waals surface area (Å²) >= 11 is 0. The number of nitrogens with two attached hydrogens (primary N) is 1. The van der Waals surface area contributed by atoms with Crippen molar-refractivity contribution in [2.75, 3.05) is 0 Å². The molecule has 0 aliphatic carbocycles. The first-order valence-corrected chi connectivity index (χ1v) is 4.44. The van der Waals surface area contributed by atoms with Crippen LogP contribution in [0.4, 0.5) is 4.79 Å². The largest absolute Gasteiger partial charge is 0.429 e. The summed E-state index contributed by atoms with van der Waals surface area (Å²) in [6, 6.07) is 5.46. The lowest BCUT2D eigenvalue weighted by Gasteiger charge is -2.05. The maximum absolute atomic E-state index is 10.9. The van der Waals surface area contributed by atoms with E-state index in [1.807, 2.05) is 11.5 Å². The molecule has 2 rings (SSSR count). The molecule has 0 aliphatic heterocycles. The van der Waals surface area contributed by atoms with Crippen molar-refractivity contribution in [1.29, 1.82) is 0 Å². The van der Waals surface area contributed by atoms with E-state index in [0.717, 1.165) is 0 Å². The Labute approximate surface area is 90.8 Å². The Morgan fingerprint density at radius 3 is 2.94 bits per heavy atom. The maximum Gasteiger partial charge on any atom is 0.429 e. The number of hydrogen-bond acceptors (Lipinski definition) is 5. The molecule has 0 radical (unpaired) electrons. The standard InChI is InChI=1S/C9H9N5O2/c10-13-9(15)16-8-12-5-6-14(8)7-3-1-2-4-11-7/h1-6H,10H2,(H,13,15). The second-order valence-corrected chi connectivity index (χ2v) is 2.80. The molecule has 0 aliphatic rings. The van der Waals surface area contributed by atoms with Crippen LogP contribution in [0.3, 0.4) is 0 Å². The molecule has 7 heteroatoms. The number of hydrogen-bond donors (Lipinski definition) is 2. The van der Waals surface area contributed by atoms with Crippen molar-refractivity contribution < 1.29 is 9.53 Å². The van der Waals surface area contributed by atoms with Crippen LogP contribution in [-0.4, -0.2) is 20.6 Å². The van der Waals surface area contributed by atoms with Crippen molar-refractivity contribution in [2.24, 2.45) is 5.84 Å². The second kappa shape index (κ2) is 4.41. The smallest absolute Gasteiger partial charge is 0.374 e. The quantitative estimate of drug-likeness (QED) is 0.428. The van der Waals surface area contributed by atoms with Crippen LogP contribution in [0.2, 0.25) is 0 Å². The Balaban J connectivity index is 2.29. The first-order valence-electron chi connectivity index (χ1n) is 4.44. The van der Waals surface area contributed by atoms with Gasteiger partial charge in [0.25, 0.3) is 0 Å². The van der Waals surface area contributed by atoms with Gasteiger partial charge in [-0.1, -0.05) is 6.07 Å². The number of carbonyl (C=O) groups excluding carboxylic acids is 1. The summed E-state index contributed by atoms with van der Waals surface area (Å²) in [5.41, 5.74) is 1.85. The highest BCUT2D eigenvalue weighted by atomic mass is 16.6. The van der Waals surface area contributed by atoms with Gasteiger partial charge in [-0.05, 0) is 12.1 Å². The minimum atomic E-state index is -0.789. The average Bonchev–Trinajstić information content (AvgIpc) is 2.78. The van der Waals surface area contributed by atoms with Crippen molar-refractivity contribution >= 4 is 6.09 Å². The molecule has 82 valence electrons. The fourth-order valence-corrected chi connectivity index (χ4v) is 1.15. The molecule has 16 heavy (non-hydrogen) atoms. The molecule has 0 atom stereocenters. The predicted octanol–water partition coefficient (Wildman–Crippen LogP) is 0.229. The zero-order valence-corrected chi connectivity index (χ0v) is 8.20.